The second kappa shape index (κ2) is 9.04. The van der Waals surface area contributed by atoms with Gasteiger partial charge >= 0.3 is 0 Å². The Bertz CT molecular complexity index is 1180. The molecule has 0 aliphatic rings. The molecular formula is C24H20N4O3. The quantitative estimate of drug-likeness (QED) is 0.447. The molecule has 31 heavy (non-hydrogen) atoms. The van der Waals surface area contributed by atoms with Gasteiger partial charge in [-0.15, -0.1) is 5.10 Å². The normalized spacial score (nSPS) is 10.5. The molecule has 3 aromatic carbocycles. The SMILES string of the molecule is Cc1ccc(-c2nc(NC(=O)COc3ccc(C(=O)c4ccccc4)cc3)n[nH]2)cc1. The number of hydrogen-bond acceptors (Lipinski definition) is 5. The maximum absolute atomic E-state index is 12.4. The van der Waals surface area contributed by atoms with Crippen LogP contribution in [0.2, 0.25) is 0 Å². The number of ketones is 1. The molecule has 2 N–H and O–H groups in total. The summed E-state index contributed by atoms with van der Waals surface area (Å²) in [7, 11) is 0. The van der Waals surface area contributed by atoms with Gasteiger partial charge in [-0.2, -0.15) is 4.98 Å². The molecule has 154 valence electrons. The Morgan fingerprint density at radius 3 is 2.29 bits per heavy atom. The van der Waals surface area contributed by atoms with Crippen LogP contribution in [-0.4, -0.2) is 33.5 Å². The first-order valence-corrected chi connectivity index (χ1v) is 9.70. The molecule has 1 aromatic heterocycles. The maximum atomic E-state index is 12.4. The number of aromatic nitrogens is 3. The number of carbonyl (C=O) groups excluding carboxylic acids is 2. The summed E-state index contributed by atoms with van der Waals surface area (Å²) in [5.74, 6) is 0.760. The summed E-state index contributed by atoms with van der Waals surface area (Å²) in [6.45, 7) is 1.80. The lowest BCUT2D eigenvalue weighted by atomic mass is 10.0. The smallest absolute Gasteiger partial charge is 0.264 e. The van der Waals surface area contributed by atoms with Gasteiger partial charge in [0.05, 0.1) is 0 Å². The number of aryl methyl sites for hydroxylation is 1. The number of ether oxygens (including phenoxy) is 1. The summed E-state index contributed by atoms with van der Waals surface area (Å²) >= 11 is 0. The molecule has 0 unspecified atom stereocenters. The average molecular weight is 412 g/mol. The van der Waals surface area contributed by atoms with E-state index in [0.717, 1.165) is 11.1 Å². The lowest BCUT2D eigenvalue weighted by Crippen LogP contribution is -2.20. The molecule has 1 amide bonds. The minimum Gasteiger partial charge on any atom is -0.484 e. The molecule has 4 rings (SSSR count). The van der Waals surface area contributed by atoms with Crippen LogP contribution in [0.1, 0.15) is 21.5 Å². The zero-order valence-electron chi connectivity index (χ0n) is 16.8. The second-order valence-electron chi connectivity index (χ2n) is 6.93. The van der Waals surface area contributed by atoms with Crippen LogP contribution in [0, 0.1) is 6.92 Å². The topological polar surface area (TPSA) is 97.0 Å². The molecule has 0 bridgehead atoms. The molecular weight excluding hydrogens is 392 g/mol. The monoisotopic (exact) mass is 412 g/mol. The largest absolute Gasteiger partial charge is 0.484 e. The lowest BCUT2D eigenvalue weighted by molar-refractivity contribution is -0.118. The minimum absolute atomic E-state index is 0.0705. The van der Waals surface area contributed by atoms with Gasteiger partial charge in [-0.1, -0.05) is 60.2 Å². The van der Waals surface area contributed by atoms with Gasteiger partial charge in [-0.3, -0.25) is 20.0 Å². The van der Waals surface area contributed by atoms with Crippen LogP contribution in [0.3, 0.4) is 0 Å². The molecule has 0 atom stereocenters. The van der Waals surface area contributed by atoms with Gasteiger partial charge in [-0.05, 0) is 31.2 Å². The van der Waals surface area contributed by atoms with E-state index in [-0.39, 0.29) is 24.2 Å². The third-order valence-corrected chi connectivity index (χ3v) is 4.58. The van der Waals surface area contributed by atoms with Crippen molar-refractivity contribution in [1.29, 1.82) is 0 Å². The first-order chi connectivity index (χ1) is 15.1. The summed E-state index contributed by atoms with van der Waals surface area (Å²) in [4.78, 5) is 28.9. The molecule has 1 heterocycles. The number of benzene rings is 3. The molecule has 0 fully saturated rings. The summed E-state index contributed by atoms with van der Waals surface area (Å²) in [5.41, 5.74) is 3.19. The van der Waals surface area contributed by atoms with Crippen molar-refractivity contribution in [2.75, 3.05) is 11.9 Å². The van der Waals surface area contributed by atoms with Gasteiger partial charge in [0.25, 0.3) is 5.91 Å². The number of rotatable bonds is 7. The summed E-state index contributed by atoms with van der Waals surface area (Å²) in [5, 5.41) is 9.40. The summed E-state index contributed by atoms with van der Waals surface area (Å²) < 4.78 is 5.50. The van der Waals surface area contributed by atoms with E-state index in [1.807, 2.05) is 49.4 Å². The number of nitrogens with zero attached hydrogens (tertiary/aromatic N) is 2. The standard InChI is InChI=1S/C24H20N4O3/c1-16-7-9-19(10-8-16)23-26-24(28-27-23)25-21(29)15-31-20-13-11-18(12-14-20)22(30)17-5-3-2-4-6-17/h2-14H,15H2,1H3,(H2,25,26,27,28,29). The number of carbonyl (C=O) groups is 2. The van der Waals surface area contributed by atoms with E-state index in [1.165, 1.54) is 0 Å². The van der Waals surface area contributed by atoms with E-state index >= 15 is 0 Å². The van der Waals surface area contributed by atoms with Crippen molar-refractivity contribution in [2.24, 2.45) is 0 Å². The highest BCUT2D eigenvalue weighted by atomic mass is 16.5. The van der Waals surface area contributed by atoms with E-state index in [4.69, 9.17) is 4.74 Å². The number of amides is 1. The van der Waals surface area contributed by atoms with Crippen molar-refractivity contribution in [3.8, 4) is 17.1 Å². The van der Waals surface area contributed by atoms with E-state index in [2.05, 4.69) is 20.5 Å². The second-order valence-corrected chi connectivity index (χ2v) is 6.93. The van der Waals surface area contributed by atoms with Gasteiger partial charge in [0.1, 0.15) is 5.75 Å². The van der Waals surface area contributed by atoms with E-state index < -0.39 is 0 Å². The highest BCUT2D eigenvalue weighted by molar-refractivity contribution is 6.09. The number of anilines is 1. The van der Waals surface area contributed by atoms with E-state index in [0.29, 0.717) is 22.7 Å². The molecule has 7 nitrogen and oxygen atoms in total. The Hall–Kier alpha value is -4.26. The Kier molecular flexibility index (Phi) is 5.84. The van der Waals surface area contributed by atoms with Crippen molar-refractivity contribution in [3.05, 3.63) is 95.6 Å². The highest BCUT2D eigenvalue weighted by Crippen LogP contribution is 2.17. The van der Waals surface area contributed by atoms with Crippen LogP contribution in [-0.2, 0) is 4.79 Å². The van der Waals surface area contributed by atoms with E-state index in [9.17, 15) is 9.59 Å². The third kappa shape index (κ3) is 5.02. The van der Waals surface area contributed by atoms with Crippen LogP contribution in [0.25, 0.3) is 11.4 Å². The fourth-order valence-electron chi connectivity index (χ4n) is 2.93. The molecule has 0 spiro atoms. The van der Waals surface area contributed by atoms with Crippen molar-refractivity contribution in [3.63, 3.8) is 0 Å². The number of nitrogens with one attached hydrogen (secondary N) is 2. The number of hydrogen-bond donors (Lipinski definition) is 2. The molecule has 0 radical (unpaired) electrons. The van der Waals surface area contributed by atoms with Gasteiger partial charge < -0.3 is 4.74 Å². The molecule has 0 aliphatic heterocycles. The van der Waals surface area contributed by atoms with Crippen molar-refractivity contribution >= 4 is 17.6 Å². The lowest BCUT2D eigenvalue weighted by Gasteiger charge is -2.06. The van der Waals surface area contributed by atoms with Crippen LogP contribution < -0.4 is 10.1 Å². The fraction of sp³-hybridized carbons (Fsp3) is 0.0833. The third-order valence-electron chi connectivity index (χ3n) is 4.58. The Morgan fingerprint density at radius 2 is 1.58 bits per heavy atom. The zero-order valence-corrected chi connectivity index (χ0v) is 16.8. The van der Waals surface area contributed by atoms with Gasteiger partial charge in [0.15, 0.2) is 18.2 Å². The Labute approximate surface area is 179 Å². The predicted octanol–water partition coefficient (Wildman–Crippen LogP) is 4.03. The van der Waals surface area contributed by atoms with Crippen molar-refractivity contribution in [1.82, 2.24) is 15.2 Å². The van der Waals surface area contributed by atoms with Crippen LogP contribution in [0.15, 0.2) is 78.9 Å². The minimum atomic E-state index is -0.390. The Morgan fingerprint density at radius 1 is 0.903 bits per heavy atom. The van der Waals surface area contributed by atoms with Crippen LogP contribution >= 0.6 is 0 Å². The van der Waals surface area contributed by atoms with Crippen molar-refractivity contribution in [2.45, 2.75) is 6.92 Å². The molecule has 7 heteroatoms. The molecule has 0 saturated carbocycles. The predicted molar refractivity (Wildman–Crippen MR) is 117 cm³/mol. The summed E-state index contributed by atoms with van der Waals surface area (Å²) in [6.07, 6.45) is 0. The maximum Gasteiger partial charge on any atom is 0.264 e. The number of H-pyrrole nitrogens is 1. The molecule has 0 aliphatic carbocycles. The average Bonchev–Trinajstić information content (AvgIpc) is 3.27. The van der Waals surface area contributed by atoms with Crippen LogP contribution in [0.4, 0.5) is 5.95 Å². The zero-order chi connectivity index (χ0) is 21.6. The van der Waals surface area contributed by atoms with Gasteiger partial charge in [0.2, 0.25) is 5.95 Å². The molecule has 0 saturated heterocycles. The Balaban J connectivity index is 1.31. The van der Waals surface area contributed by atoms with Crippen molar-refractivity contribution < 1.29 is 14.3 Å². The highest BCUT2D eigenvalue weighted by Gasteiger charge is 2.11. The first-order valence-electron chi connectivity index (χ1n) is 9.70. The first kappa shape index (κ1) is 20.0. The number of aromatic amines is 1. The van der Waals surface area contributed by atoms with Gasteiger partial charge in [-0.25, -0.2) is 0 Å². The molecule has 4 aromatic rings. The van der Waals surface area contributed by atoms with Crippen LogP contribution in [0.5, 0.6) is 5.75 Å². The summed E-state index contributed by atoms with van der Waals surface area (Å²) in [6, 6.07) is 23.5. The van der Waals surface area contributed by atoms with E-state index in [1.54, 1.807) is 36.4 Å². The fourth-order valence-corrected chi connectivity index (χ4v) is 2.93. The van der Waals surface area contributed by atoms with Gasteiger partial charge in [0, 0.05) is 16.7 Å².